The van der Waals surface area contributed by atoms with Gasteiger partial charge in [-0.3, -0.25) is 0 Å². The summed E-state index contributed by atoms with van der Waals surface area (Å²) in [6.07, 6.45) is 4.20. The summed E-state index contributed by atoms with van der Waals surface area (Å²) in [6.45, 7) is 5.25. The maximum atomic E-state index is 8.76. The lowest BCUT2D eigenvalue weighted by atomic mass is 10.2. The normalized spacial score (nSPS) is 10.2. The summed E-state index contributed by atoms with van der Waals surface area (Å²) in [7, 11) is 0. The van der Waals surface area contributed by atoms with Crippen LogP contribution in [0.2, 0.25) is 0 Å². The third kappa shape index (κ3) is 9.93. The van der Waals surface area contributed by atoms with E-state index in [2.05, 4.69) is 22.8 Å². The fourth-order valence-electron chi connectivity index (χ4n) is 2.78. The summed E-state index contributed by atoms with van der Waals surface area (Å²) in [5.74, 6) is 1.62. The highest BCUT2D eigenvalue weighted by Gasteiger charge is 1.97. The molecule has 0 heterocycles. The minimum atomic E-state index is 0.648. The molecule has 6 heteroatoms. The zero-order chi connectivity index (χ0) is 21.3. The fraction of sp³-hybridized carbons (Fsp3) is 0.417. The lowest BCUT2D eigenvalue weighted by Crippen LogP contribution is -2.22. The van der Waals surface area contributed by atoms with Crippen molar-refractivity contribution >= 4 is 0 Å². The third-order valence-electron chi connectivity index (χ3n) is 4.46. The van der Waals surface area contributed by atoms with E-state index >= 15 is 0 Å². The van der Waals surface area contributed by atoms with Crippen LogP contribution < -0.4 is 20.1 Å². The van der Waals surface area contributed by atoms with Crippen LogP contribution >= 0.6 is 0 Å². The minimum absolute atomic E-state index is 0.648. The number of rotatable bonds is 15. The van der Waals surface area contributed by atoms with Gasteiger partial charge in [0.05, 0.1) is 36.5 Å². The van der Waals surface area contributed by atoms with Crippen molar-refractivity contribution in [3.8, 4) is 23.6 Å². The Hall–Kier alpha value is -3.06. The number of nitrogens with one attached hydrogen (secondary N) is 2. The molecule has 0 aliphatic heterocycles. The van der Waals surface area contributed by atoms with Gasteiger partial charge in [0.25, 0.3) is 0 Å². The van der Waals surface area contributed by atoms with Crippen molar-refractivity contribution in [3.05, 3.63) is 59.7 Å². The molecule has 0 aliphatic rings. The van der Waals surface area contributed by atoms with Crippen molar-refractivity contribution in [2.75, 3.05) is 39.4 Å². The zero-order valence-electron chi connectivity index (χ0n) is 17.4. The lowest BCUT2D eigenvalue weighted by molar-refractivity contribution is 0.307. The van der Waals surface area contributed by atoms with Crippen LogP contribution in [0.5, 0.6) is 11.5 Å². The van der Waals surface area contributed by atoms with E-state index in [4.69, 9.17) is 20.0 Å². The fourth-order valence-corrected chi connectivity index (χ4v) is 2.78. The molecular formula is C24H30N4O2. The lowest BCUT2D eigenvalue weighted by Gasteiger charge is -2.08. The second kappa shape index (κ2) is 14.9. The highest BCUT2D eigenvalue weighted by atomic mass is 16.5. The highest BCUT2D eigenvalue weighted by molar-refractivity contribution is 5.35. The molecule has 0 spiro atoms. The number of hydrogen-bond donors (Lipinski definition) is 2. The third-order valence-corrected chi connectivity index (χ3v) is 4.46. The summed E-state index contributed by atoms with van der Waals surface area (Å²) >= 11 is 0. The molecule has 0 saturated heterocycles. The second-order valence-corrected chi connectivity index (χ2v) is 6.88. The Kier molecular flexibility index (Phi) is 11.5. The van der Waals surface area contributed by atoms with Crippen LogP contribution in [0.15, 0.2) is 48.5 Å². The van der Waals surface area contributed by atoms with E-state index in [0.29, 0.717) is 24.3 Å². The predicted molar refractivity (Wildman–Crippen MR) is 118 cm³/mol. The Morgan fingerprint density at radius 1 is 0.567 bits per heavy atom. The molecule has 0 atom stereocenters. The molecule has 158 valence electrons. The van der Waals surface area contributed by atoms with Crippen LogP contribution in [0.3, 0.4) is 0 Å². The Labute approximate surface area is 179 Å². The maximum absolute atomic E-state index is 8.76. The van der Waals surface area contributed by atoms with Gasteiger partial charge in [-0.05, 0) is 100 Å². The van der Waals surface area contributed by atoms with E-state index in [1.54, 1.807) is 24.3 Å². The van der Waals surface area contributed by atoms with Crippen molar-refractivity contribution in [2.24, 2.45) is 0 Å². The first-order valence-electron chi connectivity index (χ1n) is 10.5. The van der Waals surface area contributed by atoms with Crippen LogP contribution in [0.25, 0.3) is 0 Å². The molecule has 0 amide bonds. The quantitative estimate of drug-likeness (QED) is 0.439. The van der Waals surface area contributed by atoms with Crippen molar-refractivity contribution in [1.29, 1.82) is 10.5 Å². The van der Waals surface area contributed by atoms with Gasteiger partial charge in [-0.2, -0.15) is 10.5 Å². The van der Waals surface area contributed by atoms with Gasteiger partial charge < -0.3 is 20.1 Å². The molecule has 2 N–H and O–H groups in total. The average Bonchev–Trinajstić information content (AvgIpc) is 2.80. The van der Waals surface area contributed by atoms with Gasteiger partial charge in [0.1, 0.15) is 11.5 Å². The van der Waals surface area contributed by atoms with Crippen LogP contribution in [0.1, 0.15) is 36.8 Å². The van der Waals surface area contributed by atoms with E-state index in [1.807, 2.05) is 24.3 Å². The van der Waals surface area contributed by atoms with Crippen molar-refractivity contribution in [3.63, 3.8) is 0 Å². The second-order valence-electron chi connectivity index (χ2n) is 6.88. The Bertz CT molecular complexity index is 722. The highest BCUT2D eigenvalue weighted by Crippen LogP contribution is 2.12. The molecule has 0 aromatic heterocycles. The molecule has 0 radical (unpaired) electrons. The smallest absolute Gasteiger partial charge is 0.119 e. The van der Waals surface area contributed by atoms with Crippen LogP contribution in [-0.4, -0.2) is 39.4 Å². The SMILES string of the molecule is N#Cc1ccc(OCCCNCCCCNCCCOc2ccc(C#N)cc2)cc1. The van der Waals surface area contributed by atoms with Gasteiger partial charge in [0.15, 0.2) is 0 Å². The Morgan fingerprint density at radius 2 is 0.933 bits per heavy atom. The average molecular weight is 407 g/mol. The van der Waals surface area contributed by atoms with E-state index in [9.17, 15) is 0 Å². The van der Waals surface area contributed by atoms with Gasteiger partial charge in [0, 0.05) is 0 Å². The van der Waals surface area contributed by atoms with Crippen molar-refractivity contribution in [2.45, 2.75) is 25.7 Å². The summed E-state index contributed by atoms with van der Waals surface area (Å²) in [4.78, 5) is 0. The molecule has 6 nitrogen and oxygen atoms in total. The van der Waals surface area contributed by atoms with Crippen molar-refractivity contribution in [1.82, 2.24) is 10.6 Å². The summed E-state index contributed by atoms with van der Waals surface area (Å²) in [5.41, 5.74) is 1.30. The first-order valence-corrected chi connectivity index (χ1v) is 10.5. The number of hydrogen-bond acceptors (Lipinski definition) is 6. The molecule has 2 aromatic rings. The number of unbranched alkanes of at least 4 members (excludes halogenated alkanes) is 1. The maximum Gasteiger partial charge on any atom is 0.119 e. The topological polar surface area (TPSA) is 90.1 Å². The summed E-state index contributed by atoms with van der Waals surface area (Å²) in [5, 5.41) is 24.4. The monoisotopic (exact) mass is 406 g/mol. The molecule has 2 rings (SSSR count). The molecule has 2 aromatic carbocycles. The molecule has 0 aliphatic carbocycles. The molecule has 30 heavy (non-hydrogen) atoms. The van der Waals surface area contributed by atoms with E-state index in [1.165, 1.54) is 0 Å². The standard InChI is InChI=1S/C24H30N4O2/c25-19-21-5-9-23(10-6-21)29-17-3-15-27-13-1-2-14-28-16-4-18-30-24-11-7-22(20-26)8-12-24/h5-12,27-28H,1-4,13-18H2. The first kappa shape index (κ1) is 23.2. The number of ether oxygens (including phenoxy) is 2. The van der Waals surface area contributed by atoms with Gasteiger partial charge >= 0.3 is 0 Å². The molecule has 0 fully saturated rings. The zero-order valence-corrected chi connectivity index (χ0v) is 17.4. The van der Waals surface area contributed by atoms with Crippen LogP contribution in [0.4, 0.5) is 0 Å². The largest absolute Gasteiger partial charge is 0.494 e. The van der Waals surface area contributed by atoms with E-state index < -0.39 is 0 Å². The minimum Gasteiger partial charge on any atom is -0.494 e. The molecular weight excluding hydrogens is 376 g/mol. The van der Waals surface area contributed by atoms with E-state index in [-0.39, 0.29) is 0 Å². The predicted octanol–water partition coefficient (Wildman–Crippen LogP) is 3.63. The number of nitriles is 2. The van der Waals surface area contributed by atoms with Crippen molar-refractivity contribution < 1.29 is 9.47 Å². The molecule has 0 unspecified atom stereocenters. The van der Waals surface area contributed by atoms with Gasteiger partial charge in [-0.25, -0.2) is 0 Å². The van der Waals surface area contributed by atoms with Crippen LogP contribution in [-0.2, 0) is 0 Å². The number of nitrogens with zero attached hydrogens (tertiary/aromatic N) is 2. The Balaban J connectivity index is 1.33. The Morgan fingerprint density at radius 3 is 1.30 bits per heavy atom. The van der Waals surface area contributed by atoms with E-state index in [0.717, 1.165) is 63.4 Å². The summed E-state index contributed by atoms with van der Waals surface area (Å²) < 4.78 is 11.3. The van der Waals surface area contributed by atoms with Gasteiger partial charge in [-0.15, -0.1) is 0 Å². The number of benzene rings is 2. The van der Waals surface area contributed by atoms with Gasteiger partial charge in [0.2, 0.25) is 0 Å². The van der Waals surface area contributed by atoms with Gasteiger partial charge in [-0.1, -0.05) is 0 Å². The summed E-state index contributed by atoms with van der Waals surface area (Å²) in [6, 6.07) is 18.6. The van der Waals surface area contributed by atoms with Crippen LogP contribution in [0, 0.1) is 22.7 Å². The molecule has 0 saturated carbocycles. The first-order chi connectivity index (χ1) is 14.8. The molecule has 0 bridgehead atoms.